The molecule has 0 saturated heterocycles. The minimum atomic E-state index is -0.461. The van der Waals surface area contributed by atoms with Gasteiger partial charge in [-0.1, -0.05) is 71.3 Å². The molecule has 32 heavy (non-hydrogen) atoms. The van der Waals surface area contributed by atoms with Crippen molar-refractivity contribution in [3.63, 3.8) is 0 Å². The molecule has 0 bridgehead atoms. The summed E-state index contributed by atoms with van der Waals surface area (Å²) in [5, 5.41) is 0. The van der Waals surface area contributed by atoms with Gasteiger partial charge in [0.1, 0.15) is 0 Å². The fraction of sp³-hybridized carbons (Fsp3) is 0.867. The number of ether oxygens (including phenoxy) is 2. The molecule has 0 aromatic rings. The van der Waals surface area contributed by atoms with Gasteiger partial charge in [0.05, 0.1) is 13.2 Å². The molecule has 0 rings (SSSR count). The third kappa shape index (κ3) is 20.0. The molecule has 0 amide bonds. The average molecular weight is 451 g/mol. The molecule has 0 aliphatic heterocycles. The molecule has 0 atom stereocenters. The second kappa shape index (κ2) is 18.8. The first-order valence-electron chi connectivity index (χ1n) is 13.6. The first-order valence-corrected chi connectivity index (χ1v) is 13.6. The molecule has 0 aliphatic carbocycles. The van der Waals surface area contributed by atoms with Crippen LogP contribution in [0.3, 0.4) is 0 Å². The fourth-order valence-corrected chi connectivity index (χ4v) is 3.87. The van der Waals surface area contributed by atoms with Crippen molar-refractivity contribution < 1.29 is 9.47 Å². The highest BCUT2D eigenvalue weighted by Gasteiger charge is 2.25. The molecular weight excluding hydrogens is 392 g/mol. The zero-order valence-electron chi connectivity index (χ0n) is 23.4. The number of allylic oxidation sites excluding steroid dienone is 4. The van der Waals surface area contributed by atoms with Gasteiger partial charge < -0.3 is 9.47 Å². The molecule has 2 heteroatoms. The van der Waals surface area contributed by atoms with Crippen molar-refractivity contribution >= 4 is 0 Å². The highest BCUT2D eigenvalue weighted by Crippen LogP contribution is 2.23. The van der Waals surface area contributed by atoms with Crippen LogP contribution in [0.1, 0.15) is 133 Å². The van der Waals surface area contributed by atoms with Crippen molar-refractivity contribution in [3.8, 4) is 0 Å². The maximum absolute atomic E-state index is 6.27. The molecule has 0 saturated carbocycles. The molecule has 0 heterocycles. The highest BCUT2D eigenvalue weighted by atomic mass is 16.7. The summed E-state index contributed by atoms with van der Waals surface area (Å²) in [6.45, 7) is 22.0. The fourth-order valence-electron chi connectivity index (χ4n) is 3.87. The largest absolute Gasteiger partial charge is 0.350 e. The van der Waals surface area contributed by atoms with Crippen LogP contribution in [0.4, 0.5) is 0 Å². The van der Waals surface area contributed by atoms with E-state index in [4.69, 9.17) is 9.47 Å². The van der Waals surface area contributed by atoms with Gasteiger partial charge in [-0.3, -0.25) is 0 Å². The van der Waals surface area contributed by atoms with E-state index in [-0.39, 0.29) is 0 Å². The SMILES string of the molecule is CC(=CCCC(C)(OCCCC(C)C)OCCCC(C)C)CCC=C(C)CCCC(C)C. The van der Waals surface area contributed by atoms with E-state index in [1.54, 1.807) is 5.57 Å². The zero-order chi connectivity index (χ0) is 24.4. The Kier molecular flexibility index (Phi) is 18.4. The van der Waals surface area contributed by atoms with Gasteiger partial charge in [-0.2, -0.15) is 0 Å². The van der Waals surface area contributed by atoms with E-state index in [0.29, 0.717) is 0 Å². The predicted octanol–water partition coefficient (Wildman–Crippen LogP) is 9.89. The molecule has 0 aromatic heterocycles. The summed E-state index contributed by atoms with van der Waals surface area (Å²) in [6.07, 6.45) is 17.7. The molecule has 0 radical (unpaired) electrons. The monoisotopic (exact) mass is 450 g/mol. The Hall–Kier alpha value is -0.600. The lowest BCUT2D eigenvalue weighted by atomic mass is 10.0. The van der Waals surface area contributed by atoms with Crippen molar-refractivity contribution in [2.75, 3.05) is 13.2 Å². The normalized spacial score (nSPS) is 13.8. The quantitative estimate of drug-likeness (QED) is 0.104. The van der Waals surface area contributed by atoms with Crippen molar-refractivity contribution in [1.82, 2.24) is 0 Å². The van der Waals surface area contributed by atoms with Crippen LogP contribution in [0.15, 0.2) is 23.3 Å². The van der Waals surface area contributed by atoms with Crippen LogP contribution in [-0.4, -0.2) is 19.0 Å². The van der Waals surface area contributed by atoms with Crippen molar-refractivity contribution in [3.05, 3.63) is 23.3 Å². The van der Waals surface area contributed by atoms with Gasteiger partial charge in [-0.15, -0.1) is 0 Å². The van der Waals surface area contributed by atoms with Gasteiger partial charge >= 0.3 is 0 Å². The van der Waals surface area contributed by atoms with Gasteiger partial charge in [-0.25, -0.2) is 0 Å². The summed E-state index contributed by atoms with van der Waals surface area (Å²) in [4.78, 5) is 0. The van der Waals surface area contributed by atoms with Crippen LogP contribution >= 0.6 is 0 Å². The van der Waals surface area contributed by atoms with Gasteiger partial charge in [0, 0.05) is 6.42 Å². The van der Waals surface area contributed by atoms with Crippen LogP contribution in [0.25, 0.3) is 0 Å². The number of hydrogen-bond donors (Lipinski definition) is 0. The van der Waals surface area contributed by atoms with E-state index in [1.807, 2.05) is 0 Å². The average Bonchev–Trinajstić information content (AvgIpc) is 2.68. The summed E-state index contributed by atoms with van der Waals surface area (Å²) in [5.41, 5.74) is 3.04. The molecular formula is C30H58O2. The number of hydrogen-bond acceptors (Lipinski definition) is 2. The van der Waals surface area contributed by atoms with Gasteiger partial charge in [-0.05, 0) is 96.3 Å². The van der Waals surface area contributed by atoms with E-state index in [0.717, 1.165) is 69.5 Å². The molecule has 0 spiro atoms. The van der Waals surface area contributed by atoms with Crippen LogP contribution in [0, 0.1) is 17.8 Å². The summed E-state index contributed by atoms with van der Waals surface area (Å²) in [7, 11) is 0. The van der Waals surface area contributed by atoms with Crippen LogP contribution in [0.5, 0.6) is 0 Å². The summed E-state index contributed by atoms with van der Waals surface area (Å²) in [5.74, 6) is 1.82. The first kappa shape index (κ1) is 31.4. The lowest BCUT2D eigenvalue weighted by Crippen LogP contribution is -2.33. The lowest BCUT2D eigenvalue weighted by molar-refractivity contribution is -0.230. The van der Waals surface area contributed by atoms with Crippen LogP contribution < -0.4 is 0 Å². The van der Waals surface area contributed by atoms with E-state index in [2.05, 4.69) is 74.5 Å². The maximum Gasteiger partial charge on any atom is 0.165 e. The Bertz CT molecular complexity index is 483. The van der Waals surface area contributed by atoms with Gasteiger partial charge in [0.25, 0.3) is 0 Å². The molecule has 0 fully saturated rings. The Morgan fingerprint density at radius 1 is 0.656 bits per heavy atom. The third-order valence-corrected chi connectivity index (χ3v) is 6.14. The second-order valence-electron chi connectivity index (χ2n) is 11.4. The molecule has 190 valence electrons. The Morgan fingerprint density at radius 3 is 1.59 bits per heavy atom. The highest BCUT2D eigenvalue weighted by molar-refractivity contribution is 5.03. The standard InChI is InChI=1S/C30H58O2/c1-25(2)15-10-18-28(7)19-11-20-29(8)21-12-22-30(9,31-23-13-16-26(3)4)32-24-14-17-27(5)6/h19,21,25-27H,10-18,20,22-24H2,1-9H3. The minimum absolute atomic E-state index is 0.461. The van der Waals surface area contributed by atoms with E-state index in [1.165, 1.54) is 37.7 Å². The van der Waals surface area contributed by atoms with Crippen molar-refractivity contribution in [2.45, 2.75) is 139 Å². The van der Waals surface area contributed by atoms with Crippen LogP contribution in [-0.2, 0) is 9.47 Å². The molecule has 0 aliphatic rings. The smallest absolute Gasteiger partial charge is 0.165 e. The molecule has 0 aromatic carbocycles. The number of rotatable bonds is 20. The first-order chi connectivity index (χ1) is 15.0. The second-order valence-corrected chi connectivity index (χ2v) is 11.4. The van der Waals surface area contributed by atoms with Gasteiger partial charge in [0.2, 0.25) is 0 Å². The summed E-state index contributed by atoms with van der Waals surface area (Å²) < 4.78 is 12.5. The zero-order valence-corrected chi connectivity index (χ0v) is 23.4. The summed E-state index contributed by atoms with van der Waals surface area (Å²) >= 11 is 0. The van der Waals surface area contributed by atoms with Crippen molar-refractivity contribution in [1.29, 1.82) is 0 Å². The maximum atomic E-state index is 6.27. The van der Waals surface area contributed by atoms with E-state index in [9.17, 15) is 0 Å². The predicted molar refractivity (Wildman–Crippen MR) is 143 cm³/mol. The third-order valence-electron chi connectivity index (χ3n) is 6.14. The lowest BCUT2D eigenvalue weighted by Gasteiger charge is -2.30. The molecule has 2 nitrogen and oxygen atoms in total. The van der Waals surface area contributed by atoms with E-state index < -0.39 is 5.79 Å². The van der Waals surface area contributed by atoms with E-state index >= 15 is 0 Å². The Labute approximate surface area is 202 Å². The minimum Gasteiger partial charge on any atom is -0.350 e. The Balaban J connectivity index is 4.46. The Morgan fingerprint density at radius 2 is 1.09 bits per heavy atom. The topological polar surface area (TPSA) is 18.5 Å². The van der Waals surface area contributed by atoms with Crippen molar-refractivity contribution in [2.24, 2.45) is 17.8 Å². The van der Waals surface area contributed by atoms with Crippen LogP contribution in [0.2, 0.25) is 0 Å². The van der Waals surface area contributed by atoms with Gasteiger partial charge in [0.15, 0.2) is 5.79 Å². The summed E-state index contributed by atoms with van der Waals surface area (Å²) in [6, 6.07) is 0. The molecule has 0 N–H and O–H groups in total. The molecule has 0 unspecified atom stereocenters.